The molecule has 0 heterocycles. The molecule has 0 unspecified atom stereocenters. The fraction of sp³-hybridized carbons (Fsp3) is 0.364. The van der Waals surface area contributed by atoms with E-state index >= 15 is 0 Å². The Bertz CT molecular complexity index is 364. The molecule has 1 aromatic rings. The van der Waals surface area contributed by atoms with Crippen LogP contribution in [0.25, 0.3) is 4.85 Å². The Morgan fingerprint density at radius 3 is 2.57 bits per heavy atom. The van der Waals surface area contributed by atoms with Crippen LogP contribution >= 0.6 is 0 Å². The molecule has 3 heteroatoms. The number of nitrogens with one attached hydrogen (secondary N) is 2. The van der Waals surface area contributed by atoms with Crippen LogP contribution in [0.4, 0.5) is 11.4 Å². The number of hydrazine groups is 1. The molecule has 0 radical (unpaired) electrons. The summed E-state index contributed by atoms with van der Waals surface area (Å²) in [6.45, 7) is 13.9. The van der Waals surface area contributed by atoms with Gasteiger partial charge in [-0.15, -0.1) is 0 Å². The Hall–Kier alpha value is -1.53. The van der Waals surface area contributed by atoms with Gasteiger partial charge in [0.05, 0.1) is 6.57 Å². The molecule has 0 aliphatic carbocycles. The molecule has 0 aliphatic heterocycles. The Morgan fingerprint density at radius 1 is 1.29 bits per heavy atom. The predicted octanol–water partition coefficient (Wildman–Crippen LogP) is 2.79. The lowest BCUT2D eigenvalue weighted by Gasteiger charge is -2.11. The van der Waals surface area contributed by atoms with Crippen LogP contribution in [0.3, 0.4) is 0 Å². The van der Waals surface area contributed by atoms with Gasteiger partial charge in [0.1, 0.15) is 0 Å². The van der Waals surface area contributed by atoms with Crippen molar-refractivity contribution in [3.8, 4) is 0 Å². The Balaban J connectivity index is 3.00. The fourth-order valence-corrected chi connectivity index (χ4v) is 1.28. The maximum Gasteiger partial charge on any atom is 0.192 e. The highest BCUT2D eigenvalue weighted by molar-refractivity contribution is 5.65. The second-order valence-corrected chi connectivity index (χ2v) is 3.22. The first-order chi connectivity index (χ1) is 6.69. The molecular weight excluding hydrogens is 174 g/mol. The first kappa shape index (κ1) is 10.6. The quantitative estimate of drug-likeness (QED) is 0.565. The van der Waals surface area contributed by atoms with Crippen molar-refractivity contribution < 1.29 is 0 Å². The van der Waals surface area contributed by atoms with Gasteiger partial charge in [-0.05, 0) is 31.0 Å². The third-order valence-electron chi connectivity index (χ3n) is 2.06. The highest BCUT2D eigenvalue weighted by Crippen LogP contribution is 2.26. The zero-order chi connectivity index (χ0) is 10.6. The molecule has 0 saturated carbocycles. The summed E-state index contributed by atoms with van der Waals surface area (Å²) < 4.78 is 0. The van der Waals surface area contributed by atoms with Gasteiger partial charge in [0, 0.05) is 12.2 Å². The van der Waals surface area contributed by atoms with Gasteiger partial charge in [0.15, 0.2) is 5.69 Å². The Kier molecular flexibility index (Phi) is 3.49. The van der Waals surface area contributed by atoms with Crippen molar-refractivity contribution in [1.29, 1.82) is 0 Å². The van der Waals surface area contributed by atoms with E-state index in [0.717, 1.165) is 23.4 Å². The topological polar surface area (TPSA) is 28.4 Å². The minimum atomic E-state index is 0.705. The van der Waals surface area contributed by atoms with Crippen molar-refractivity contribution in [3.05, 3.63) is 34.7 Å². The molecule has 14 heavy (non-hydrogen) atoms. The van der Waals surface area contributed by atoms with Crippen LogP contribution in [0.5, 0.6) is 0 Å². The Labute approximate surface area is 84.9 Å². The molecule has 3 nitrogen and oxygen atoms in total. The van der Waals surface area contributed by atoms with Crippen LogP contribution in [0.15, 0.2) is 12.1 Å². The number of hydrogen-bond donors (Lipinski definition) is 2. The van der Waals surface area contributed by atoms with Crippen molar-refractivity contribution in [2.75, 3.05) is 12.0 Å². The molecule has 0 aliphatic rings. The van der Waals surface area contributed by atoms with Crippen molar-refractivity contribution in [2.24, 2.45) is 0 Å². The summed E-state index contributed by atoms with van der Waals surface area (Å²) in [5.74, 6) is 0. The standard InChI is InChI=1S/C11H15N3/c1-5-13-14-11-7-10(12-4)8(2)6-9(11)3/h6-7,13-14H,5H2,1-3H3. The van der Waals surface area contributed by atoms with Gasteiger partial charge < -0.3 is 5.43 Å². The first-order valence-corrected chi connectivity index (χ1v) is 4.66. The number of aryl methyl sites for hydroxylation is 2. The van der Waals surface area contributed by atoms with Crippen LogP contribution in [-0.4, -0.2) is 6.54 Å². The van der Waals surface area contributed by atoms with E-state index in [0.29, 0.717) is 5.69 Å². The lowest BCUT2D eigenvalue weighted by molar-refractivity contribution is 0.843. The lowest BCUT2D eigenvalue weighted by atomic mass is 10.1. The van der Waals surface area contributed by atoms with Gasteiger partial charge in [-0.1, -0.05) is 13.0 Å². The number of anilines is 1. The smallest absolute Gasteiger partial charge is 0.192 e. The summed E-state index contributed by atoms with van der Waals surface area (Å²) in [5.41, 5.74) is 9.95. The lowest BCUT2D eigenvalue weighted by Crippen LogP contribution is -2.21. The fourth-order valence-electron chi connectivity index (χ4n) is 1.28. The summed E-state index contributed by atoms with van der Waals surface area (Å²) in [7, 11) is 0. The molecule has 0 spiro atoms. The van der Waals surface area contributed by atoms with Crippen molar-refractivity contribution >= 4 is 11.4 Å². The minimum absolute atomic E-state index is 0.705. The van der Waals surface area contributed by atoms with E-state index in [-0.39, 0.29) is 0 Å². The average Bonchev–Trinajstić information content (AvgIpc) is 2.17. The van der Waals surface area contributed by atoms with E-state index in [1.54, 1.807) is 0 Å². The van der Waals surface area contributed by atoms with E-state index in [2.05, 4.69) is 15.7 Å². The van der Waals surface area contributed by atoms with Crippen molar-refractivity contribution in [2.45, 2.75) is 20.8 Å². The molecule has 0 atom stereocenters. The SMILES string of the molecule is [C-]#[N+]c1cc(NNCC)c(C)cc1C. The second-order valence-electron chi connectivity index (χ2n) is 3.22. The summed E-state index contributed by atoms with van der Waals surface area (Å²) in [4.78, 5) is 3.46. The number of nitrogens with zero attached hydrogens (tertiary/aromatic N) is 1. The summed E-state index contributed by atoms with van der Waals surface area (Å²) in [6.07, 6.45) is 0. The number of hydrogen-bond acceptors (Lipinski definition) is 2. The average molecular weight is 189 g/mol. The molecular formula is C11H15N3. The van der Waals surface area contributed by atoms with Crippen LogP contribution in [0, 0.1) is 20.4 Å². The molecule has 1 aromatic carbocycles. The van der Waals surface area contributed by atoms with Gasteiger partial charge in [0.2, 0.25) is 0 Å². The van der Waals surface area contributed by atoms with Gasteiger partial charge >= 0.3 is 0 Å². The second kappa shape index (κ2) is 4.64. The van der Waals surface area contributed by atoms with Crippen LogP contribution in [-0.2, 0) is 0 Å². The number of rotatable bonds is 3. The van der Waals surface area contributed by atoms with E-state index in [4.69, 9.17) is 6.57 Å². The van der Waals surface area contributed by atoms with E-state index in [1.807, 2.05) is 32.9 Å². The predicted molar refractivity (Wildman–Crippen MR) is 59.5 cm³/mol. The molecule has 0 aromatic heterocycles. The molecule has 0 bridgehead atoms. The van der Waals surface area contributed by atoms with E-state index < -0.39 is 0 Å². The highest BCUT2D eigenvalue weighted by atomic mass is 15.3. The van der Waals surface area contributed by atoms with Crippen LogP contribution in [0.2, 0.25) is 0 Å². The monoisotopic (exact) mass is 189 g/mol. The van der Waals surface area contributed by atoms with Crippen molar-refractivity contribution in [3.63, 3.8) is 0 Å². The maximum absolute atomic E-state index is 7.01. The van der Waals surface area contributed by atoms with Gasteiger partial charge in [0.25, 0.3) is 0 Å². The molecule has 0 fully saturated rings. The number of benzene rings is 1. The van der Waals surface area contributed by atoms with E-state index in [9.17, 15) is 0 Å². The summed E-state index contributed by atoms with van der Waals surface area (Å²) in [5, 5.41) is 0. The largest absolute Gasteiger partial charge is 0.323 e. The highest BCUT2D eigenvalue weighted by Gasteiger charge is 2.03. The van der Waals surface area contributed by atoms with Crippen LogP contribution in [0.1, 0.15) is 18.1 Å². The van der Waals surface area contributed by atoms with Crippen LogP contribution < -0.4 is 10.9 Å². The minimum Gasteiger partial charge on any atom is -0.323 e. The zero-order valence-electron chi connectivity index (χ0n) is 8.81. The molecule has 0 amide bonds. The summed E-state index contributed by atoms with van der Waals surface area (Å²) in [6, 6.07) is 3.90. The molecule has 0 saturated heterocycles. The maximum atomic E-state index is 7.01. The van der Waals surface area contributed by atoms with Gasteiger partial charge in [-0.2, -0.15) is 0 Å². The van der Waals surface area contributed by atoms with Gasteiger partial charge in [-0.3, -0.25) is 0 Å². The van der Waals surface area contributed by atoms with Gasteiger partial charge in [-0.25, -0.2) is 10.3 Å². The normalized spacial score (nSPS) is 9.57. The summed E-state index contributed by atoms with van der Waals surface area (Å²) >= 11 is 0. The third kappa shape index (κ3) is 2.24. The molecule has 2 N–H and O–H groups in total. The Morgan fingerprint density at radius 2 is 2.00 bits per heavy atom. The third-order valence-corrected chi connectivity index (χ3v) is 2.06. The zero-order valence-corrected chi connectivity index (χ0v) is 8.81. The van der Waals surface area contributed by atoms with Crippen molar-refractivity contribution in [1.82, 2.24) is 5.43 Å². The molecule has 74 valence electrons. The first-order valence-electron chi connectivity index (χ1n) is 4.66. The van der Waals surface area contributed by atoms with E-state index in [1.165, 1.54) is 0 Å². The molecule has 1 rings (SSSR count).